The predicted octanol–water partition coefficient (Wildman–Crippen LogP) is 0.764. The number of ether oxygens (including phenoxy) is 1. The van der Waals surface area contributed by atoms with Gasteiger partial charge >= 0.3 is 5.97 Å². The summed E-state index contributed by atoms with van der Waals surface area (Å²) in [7, 11) is 1.14. The summed E-state index contributed by atoms with van der Waals surface area (Å²) >= 11 is 0. The van der Waals surface area contributed by atoms with E-state index >= 15 is 0 Å². The molecule has 1 atom stereocenters. The number of carbonyl (C=O) groups excluding carboxylic acids is 3. The number of anilines is 1. The zero-order valence-corrected chi connectivity index (χ0v) is 13.4. The molecule has 1 fully saturated rings. The van der Waals surface area contributed by atoms with Gasteiger partial charge in [-0.1, -0.05) is 12.1 Å². The van der Waals surface area contributed by atoms with E-state index in [1.54, 1.807) is 24.3 Å². The van der Waals surface area contributed by atoms with Gasteiger partial charge in [0.25, 0.3) is 5.91 Å². The van der Waals surface area contributed by atoms with Gasteiger partial charge in [0.15, 0.2) is 0 Å². The van der Waals surface area contributed by atoms with E-state index < -0.39 is 17.5 Å². The number of rotatable bonds is 6. The molecule has 8 heteroatoms. The fraction of sp³-hybridized carbons (Fsp3) is 0.375. The van der Waals surface area contributed by atoms with E-state index in [2.05, 4.69) is 5.32 Å². The van der Waals surface area contributed by atoms with Gasteiger partial charge in [-0.15, -0.1) is 0 Å². The molecule has 1 aliphatic rings. The fourth-order valence-corrected chi connectivity index (χ4v) is 2.20. The summed E-state index contributed by atoms with van der Waals surface area (Å²) in [6.45, 7) is 1.33. The minimum absolute atomic E-state index is 0.177. The molecule has 1 aliphatic heterocycles. The van der Waals surface area contributed by atoms with Crippen LogP contribution in [0.3, 0.4) is 0 Å². The highest BCUT2D eigenvalue weighted by Gasteiger charge is 2.41. The number of likely N-dealkylation sites (tertiary alicyclic amines) is 1. The number of benzene rings is 1. The Bertz CT molecular complexity index is 668. The van der Waals surface area contributed by atoms with Crippen molar-refractivity contribution in [1.29, 1.82) is 0 Å². The minimum atomic E-state index is -1.99. The summed E-state index contributed by atoms with van der Waals surface area (Å²) in [6.07, 6.45) is 0.468. The van der Waals surface area contributed by atoms with E-state index in [9.17, 15) is 19.2 Å². The van der Waals surface area contributed by atoms with Crippen molar-refractivity contribution in [2.45, 2.75) is 31.9 Å². The average Bonchev–Trinajstić information content (AvgIpc) is 2.87. The minimum Gasteiger partial charge on any atom is -0.479 e. The van der Waals surface area contributed by atoms with Gasteiger partial charge in [-0.2, -0.15) is 0 Å². The van der Waals surface area contributed by atoms with Crippen LogP contribution in [0.1, 0.15) is 25.3 Å². The smallest absolute Gasteiger partial charge is 0.345 e. The largest absolute Gasteiger partial charge is 0.479 e. The maximum atomic E-state index is 12.0. The van der Waals surface area contributed by atoms with Gasteiger partial charge in [0, 0.05) is 25.6 Å². The Hall–Kier alpha value is -2.74. The van der Waals surface area contributed by atoms with Crippen LogP contribution in [0, 0.1) is 0 Å². The standard InChI is InChI=1S/C16H18N2O6/c1-16(24-2,15(22)23)14(21)17-11-5-3-10(4-6-11)9-18-12(19)7-8-13(18)20/h3-6H,7-9H2,1-2H3,(H,17,21)(H,22,23). The quantitative estimate of drug-likeness (QED) is 0.587. The van der Waals surface area contributed by atoms with Crippen molar-refractivity contribution in [1.82, 2.24) is 4.90 Å². The second-order valence-corrected chi connectivity index (χ2v) is 5.57. The second-order valence-electron chi connectivity index (χ2n) is 5.57. The summed E-state index contributed by atoms with van der Waals surface area (Å²) in [6, 6.07) is 6.44. The van der Waals surface area contributed by atoms with Gasteiger partial charge in [-0.05, 0) is 24.6 Å². The van der Waals surface area contributed by atoms with Gasteiger partial charge in [0.1, 0.15) is 0 Å². The first kappa shape index (κ1) is 17.6. The number of hydrogen-bond donors (Lipinski definition) is 2. The van der Waals surface area contributed by atoms with Crippen LogP contribution in [0.5, 0.6) is 0 Å². The Labute approximate surface area is 138 Å². The number of amides is 3. The van der Waals surface area contributed by atoms with Crippen LogP contribution >= 0.6 is 0 Å². The molecule has 0 bridgehead atoms. The molecular weight excluding hydrogens is 316 g/mol. The summed E-state index contributed by atoms with van der Waals surface area (Å²) < 4.78 is 4.78. The highest BCUT2D eigenvalue weighted by molar-refractivity contribution is 6.11. The summed E-state index contributed by atoms with van der Waals surface area (Å²) in [5.41, 5.74) is -0.885. The Balaban J connectivity index is 2.04. The molecule has 1 saturated heterocycles. The molecule has 8 nitrogen and oxygen atoms in total. The molecule has 2 rings (SSSR count). The molecule has 1 aromatic rings. The molecule has 0 radical (unpaired) electrons. The molecule has 128 valence electrons. The Morgan fingerprint density at radius 1 is 1.21 bits per heavy atom. The van der Waals surface area contributed by atoms with Crippen LogP contribution in [0.4, 0.5) is 5.69 Å². The van der Waals surface area contributed by atoms with Crippen LogP contribution in [0.15, 0.2) is 24.3 Å². The molecule has 0 aliphatic carbocycles. The molecule has 3 amide bonds. The topological polar surface area (TPSA) is 113 Å². The lowest BCUT2D eigenvalue weighted by Crippen LogP contribution is -2.48. The third-order valence-electron chi connectivity index (χ3n) is 3.96. The van der Waals surface area contributed by atoms with E-state index in [0.29, 0.717) is 5.69 Å². The second kappa shape index (κ2) is 6.79. The molecule has 2 N–H and O–H groups in total. The lowest BCUT2D eigenvalue weighted by Gasteiger charge is -2.22. The molecule has 1 unspecified atom stereocenters. The maximum absolute atomic E-state index is 12.0. The van der Waals surface area contributed by atoms with Crippen molar-refractivity contribution in [3.63, 3.8) is 0 Å². The molecule has 0 aromatic heterocycles. The van der Waals surface area contributed by atoms with E-state index in [1.165, 1.54) is 4.90 Å². The first-order valence-corrected chi connectivity index (χ1v) is 7.30. The van der Waals surface area contributed by atoms with Crippen LogP contribution in [0.25, 0.3) is 0 Å². The molecule has 1 heterocycles. The number of methoxy groups -OCH3 is 1. The van der Waals surface area contributed by atoms with E-state index in [4.69, 9.17) is 9.84 Å². The van der Waals surface area contributed by atoms with Crippen molar-refractivity contribution in [3.8, 4) is 0 Å². The van der Waals surface area contributed by atoms with Crippen molar-refractivity contribution >= 4 is 29.4 Å². The number of hydrogen-bond acceptors (Lipinski definition) is 5. The van der Waals surface area contributed by atoms with Crippen LogP contribution in [-0.4, -0.2) is 46.4 Å². The molecule has 1 aromatic carbocycles. The molecular formula is C16H18N2O6. The van der Waals surface area contributed by atoms with Crippen molar-refractivity contribution in [2.24, 2.45) is 0 Å². The number of nitrogens with one attached hydrogen (secondary N) is 1. The van der Waals surface area contributed by atoms with Crippen molar-refractivity contribution < 1.29 is 29.0 Å². The Kier molecular flexibility index (Phi) is 4.99. The number of carboxylic acids is 1. The summed E-state index contributed by atoms with van der Waals surface area (Å²) in [5, 5.41) is 11.5. The summed E-state index contributed by atoms with van der Waals surface area (Å²) in [5.74, 6) is -2.61. The predicted molar refractivity (Wildman–Crippen MR) is 82.9 cm³/mol. The zero-order valence-electron chi connectivity index (χ0n) is 13.4. The first-order valence-electron chi connectivity index (χ1n) is 7.30. The highest BCUT2D eigenvalue weighted by atomic mass is 16.5. The first-order chi connectivity index (χ1) is 11.3. The normalized spacial score (nSPS) is 16.8. The fourth-order valence-electron chi connectivity index (χ4n) is 2.20. The summed E-state index contributed by atoms with van der Waals surface area (Å²) in [4.78, 5) is 47.5. The van der Waals surface area contributed by atoms with Gasteiger partial charge in [0.2, 0.25) is 17.4 Å². The SMILES string of the molecule is COC(C)(C(=O)O)C(=O)Nc1ccc(CN2C(=O)CCC2=O)cc1. The zero-order chi connectivity index (χ0) is 17.9. The van der Waals surface area contributed by atoms with E-state index in [-0.39, 0.29) is 31.2 Å². The number of imide groups is 1. The molecule has 0 spiro atoms. The van der Waals surface area contributed by atoms with E-state index in [0.717, 1.165) is 19.6 Å². The number of nitrogens with zero attached hydrogens (tertiary/aromatic N) is 1. The van der Waals surface area contributed by atoms with Gasteiger partial charge in [-0.25, -0.2) is 4.79 Å². The Morgan fingerprint density at radius 3 is 2.21 bits per heavy atom. The third-order valence-corrected chi connectivity index (χ3v) is 3.96. The highest BCUT2D eigenvalue weighted by Crippen LogP contribution is 2.19. The van der Waals surface area contributed by atoms with Gasteiger partial charge < -0.3 is 15.2 Å². The monoisotopic (exact) mass is 334 g/mol. The third kappa shape index (κ3) is 3.43. The Morgan fingerprint density at radius 2 is 1.75 bits per heavy atom. The van der Waals surface area contributed by atoms with Crippen molar-refractivity contribution in [3.05, 3.63) is 29.8 Å². The van der Waals surface area contributed by atoms with E-state index in [1.807, 2.05) is 0 Å². The van der Waals surface area contributed by atoms with Gasteiger partial charge in [-0.3, -0.25) is 19.3 Å². The number of aliphatic carboxylic acids is 1. The van der Waals surface area contributed by atoms with Gasteiger partial charge in [0.05, 0.1) is 6.54 Å². The van der Waals surface area contributed by atoms with Crippen LogP contribution in [-0.2, 0) is 30.5 Å². The molecule has 0 saturated carbocycles. The number of carbonyl (C=O) groups is 4. The van der Waals surface area contributed by atoms with Crippen molar-refractivity contribution in [2.75, 3.05) is 12.4 Å². The average molecular weight is 334 g/mol. The van der Waals surface area contributed by atoms with Crippen LogP contribution < -0.4 is 5.32 Å². The van der Waals surface area contributed by atoms with Crippen LogP contribution in [0.2, 0.25) is 0 Å². The lowest BCUT2D eigenvalue weighted by atomic mass is 10.1. The lowest BCUT2D eigenvalue weighted by molar-refractivity contribution is -0.165. The number of carboxylic acid groups (broad SMARTS) is 1. The maximum Gasteiger partial charge on any atom is 0.345 e. The molecule has 24 heavy (non-hydrogen) atoms.